The topological polar surface area (TPSA) is 116 Å². The van der Waals surface area contributed by atoms with E-state index in [0.717, 1.165) is 5.56 Å². The molecule has 0 bridgehead atoms. The number of rotatable bonds is 6. The molecule has 1 amide bonds. The van der Waals surface area contributed by atoms with Crippen LogP contribution in [-0.2, 0) is 24.3 Å². The average Bonchev–Trinajstić information content (AvgIpc) is 2.71. The van der Waals surface area contributed by atoms with Gasteiger partial charge in [0.2, 0.25) is 15.9 Å². The van der Waals surface area contributed by atoms with Crippen LogP contribution in [0.1, 0.15) is 17.0 Å². The lowest BCUT2D eigenvalue weighted by Crippen LogP contribution is -2.42. The first-order chi connectivity index (χ1) is 13.8. The third kappa shape index (κ3) is 4.61. The molecule has 0 radical (unpaired) electrons. The van der Waals surface area contributed by atoms with Gasteiger partial charge in [0.25, 0.3) is 0 Å². The van der Waals surface area contributed by atoms with E-state index in [1.54, 1.807) is 18.2 Å². The van der Waals surface area contributed by atoms with Gasteiger partial charge in [-0.1, -0.05) is 61.2 Å². The van der Waals surface area contributed by atoms with Gasteiger partial charge in [-0.3, -0.25) is 9.59 Å². The Labute approximate surface area is 168 Å². The summed E-state index contributed by atoms with van der Waals surface area (Å²) < 4.78 is 28.0. The van der Waals surface area contributed by atoms with Crippen LogP contribution in [0.3, 0.4) is 0 Å². The van der Waals surface area contributed by atoms with Crippen LogP contribution in [0.4, 0.5) is 0 Å². The van der Waals surface area contributed by atoms with Crippen molar-refractivity contribution in [2.45, 2.75) is 10.8 Å². The fraction of sp³-hybridized carbons (Fsp3) is 0.143. The second kappa shape index (κ2) is 8.42. The van der Waals surface area contributed by atoms with E-state index in [1.807, 2.05) is 30.3 Å². The van der Waals surface area contributed by atoms with Gasteiger partial charge in [0, 0.05) is 11.6 Å². The summed E-state index contributed by atoms with van der Waals surface area (Å²) in [5, 5.41) is 7.84. The maximum Gasteiger partial charge on any atom is 0.319 e. The molecular formula is C21H20N2O5S. The Bertz CT molecular complexity index is 1060. The monoisotopic (exact) mass is 412 g/mol. The van der Waals surface area contributed by atoms with E-state index in [1.165, 1.54) is 18.2 Å². The number of amides is 1. The first-order valence-corrected chi connectivity index (χ1v) is 10.3. The summed E-state index contributed by atoms with van der Waals surface area (Å²) in [5.41, 5.74) is 1.84. The maximum atomic E-state index is 12.8. The number of nitrogens with two attached hydrogens (primary N) is 1. The Morgan fingerprint density at radius 1 is 1.14 bits per heavy atom. The van der Waals surface area contributed by atoms with Crippen molar-refractivity contribution >= 4 is 27.6 Å². The number of primary sulfonamides is 1. The molecule has 1 aliphatic heterocycles. The molecule has 0 aliphatic carbocycles. The number of carbonyl (C=O) groups excluding carboxylic acids is 2. The van der Waals surface area contributed by atoms with Gasteiger partial charge in [0.05, 0.1) is 4.90 Å². The molecule has 29 heavy (non-hydrogen) atoms. The smallest absolute Gasteiger partial charge is 0.319 e. The highest BCUT2D eigenvalue weighted by atomic mass is 32.2. The predicted molar refractivity (Wildman–Crippen MR) is 108 cm³/mol. The maximum absolute atomic E-state index is 12.8. The molecule has 0 saturated carbocycles. The lowest BCUT2D eigenvalue weighted by atomic mass is 9.81. The zero-order valence-corrected chi connectivity index (χ0v) is 16.3. The number of carbonyl (C=O) groups is 2. The van der Waals surface area contributed by atoms with Gasteiger partial charge in [-0.2, -0.15) is 0 Å². The normalized spacial score (nSPS) is 19.1. The zero-order chi connectivity index (χ0) is 21.0. The lowest BCUT2D eigenvalue weighted by Gasteiger charge is -2.29. The molecule has 1 aliphatic rings. The SMILES string of the molecule is C=CCOC(=O)C1C(=O)NC(c2ccc(S(N)(=O)=O)cc2)=CC1c1ccccc1. The fourth-order valence-corrected chi connectivity index (χ4v) is 3.65. The second-order valence-electron chi connectivity index (χ2n) is 6.47. The number of ether oxygens (including phenoxy) is 1. The Kier molecular flexibility index (Phi) is 5.95. The Hall–Kier alpha value is -3.23. The van der Waals surface area contributed by atoms with Crippen molar-refractivity contribution in [3.8, 4) is 0 Å². The van der Waals surface area contributed by atoms with Gasteiger partial charge >= 0.3 is 5.97 Å². The summed E-state index contributed by atoms with van der Waals surface area (Å²) in [7, 11) is -3.82. The van der Waals surface area contributed by atoms with E-state index in [0.29, 0.717) is 11.3 Å². The van der Waals surface area contributed by atoms with E-state index >= 15 is 0 Å². The van der Waals surface area contributed by atoms with E-state index in [9.17, 15) is 18.0 Å². The van der Waals surface area contributed by atoms with Crippen LogP contribution < -0.4 is 10.5 Å². The minimum Gasteiger partial charge on any atom is -0.461 e. The number of hydrogen-bond acceptors (Lipinski definition) is 5. The van der Waals surface area contributed by atoms with Crippen molar-refractivity contribution in [3.05, 3.63) is 84.5 Å². The molecule has 7 nitrogen and oxygen atoms in total. The molecule has 1 heterocycles. The largest absolute Gasteiger partial charge is 0.461 e. The summed E-state index contributed by atoms with van der Waals surface area (Å²) in [6, 6.07) is 15.0. The van der Waals surface area contributed by atoms with Gasteiger partial charge in [-0.25, -0.2) is 13.6 Å². The third-order valence-corrected chi connectivity index (χ3v) is 5.45. The van der Waals surface area contributed by atoms with Crippen LogP contribution in [0, 0.1) is 5.92 Å². The van der Waals surface area contributed by atoms with Crippen LogP contribution in [0.15, 0.2) is 78.2 Å². The molecule has 2 aromatic rings. The molecule has 0 spiro atoms. The van der Waals surface area contributed by atoms with Crippen molar-refractivity contribution in [1.82, 2.24) is 5.32 Å². The minimum absolute atomic E-state index is 0.00964. The molecule has 8 heteroatoms. The van der Waals surface area contributed by atoms with Crippen molar-refractivity contribution < 1.29 is 22.7 Å². The quantitative estimate of drug-likeness (QED) is 0.427. The molecule has 0 saturated heterocycles. The van der Waals surface area contributed by atoms with Gasteiger partial charge in [0.1, 0.15) is 12.5 Å². The molecule has 0 fully saturated rings. The highest BCUT2D eigenvalue weighted by molar-refractivity contribution is 7.89. The fourth-order valence-electron chi connectivity index (χ4n) is 3.13. The summed E-state index contributed by atoms with van der Waals surface area (Å²) in [6.07, 6.45) is 3.20. The molecular weight excluding hydrogens is 392 g/mol. The molecule has 2 atom stereocenters. The Morgan fingerprint density at radius 3 is 2.38 bits per heavy atom. The van der Waals surface area contributed by atoms with Crippen molar-refractivity contribution in [2.75, 3.05) is 6.61 Å². The average molecular weight is 412 g/mol. The number of nitrogens with one attached hydrogen (secondary N) is 1. The molecule has 2 aromatic carbocycles. The summed E-state index contributed by atoms with van der Waals surface area (Å²) in [6.45, 7) is 3.52. The van der Waals surface area contributed by atoms with Gasteiger partial charge in [0.15, 0.2) is 0 Å². The van der Waals surface area contributed by atoms with Crippen molar-refractivity contribution in [2.24, 2.45) is 11.1 Å². The van der Waals surface area contributed by atoms with Gasteiger partial charge in [-0.15, -0.1) is 0 Å². The van der Waals surface area contributed by atoms with Gasteiger partial charge in [-0.05, 0) is 23.3 Å². The highest BCUT2D eigenvalue weighted by Gasteiger charge is 2.39. The van der Waals surface area contributed by atoms with E-state index in [2.05, 4.69) is 11.9 Å². The molecule has 0 aromatic heterocycles. The first-order valence-electron chi connectivity index (χ1n) is 8.79. The standard InChI is InChI=1S/C21H20N2O5S/c1-2-12-28-21(25)19-17(14-6-4-3-5-7-14)13-18(23-20(19)24)15-8-10-16(11-9-15)29(22,26)27/h2-11,13,17,19H,1,12H2,(H,23,24)(H2,22,26,27). The Balaban J connectivity index is 2.01. The summed E-state index contributed by atoms with van der Waals surface area (Å²) >= 11 is 0. The van der Waals surface area contributed by atoms with Crippen molar-refractivity contribution in [3.63, 3.8) is 0 Å². The third-order valence-electron chi connectivity index (χ3n) is 4.52. The van der Waals surface area contributed by atoms with Crippen LogP contribution in [-0.4, -0.2) is 26.9 Å². The molecule has 3 N–H and O–H groups in total. The number of sulfonamides is 1. The van der Waals surface area contributed by atoms with Crippen LogP contribution in [0.5, 0.6) is 0 Å². The molecule has 150 valence electrons. The van der Waals surface area contributed by atoms with E-state index in [-0.39, 0.29) is 11.5 Å². The van der Waals surface area contributed by atoms with Crippen LogP contribution in [0.2, 0.25) is 0 Å². The molecule has 3 rings (SSSR count). The van der Waals surface area contributed by atoms with E-state index < -0.39 is 33.7 Å². The summed E-state index contributed by atoms with van der Waals surface area (Å²) in [4.78, 5) is 25.3. The Morgan fingerprint density at radius 2 is 1.79 bits per heavy atom. The number of esters is 1. The second-order valence-corrected chi connectivity index (χ2v) is 8.03. The predicted octanol–water partition coefficient (Wildman–Crippen LogP) is 1.93. The highest BCUT2D eigenvalue weighted by Crippen LogP contribution is 2.34. The summed E-state index contributed by atoms with van der Waals surface area (Å²) in [5.74, 6) is -2.74. The lowest BCUT2D eigenvalue weighted by molar-refractivity contribution is -0.152. The van der Waals surface area contributed by atoms with Crippen LogP contribution >= 0.6 is 0 Å². The van der Waals surface area contributed by atoms with E-state index in [4.69, 9.17) is 9.88 Å². The number of allylic oxidation sites excluding steroid dienone is 1. The number of hydrogen-bond donors (Lipinski definition) is 2. The van der Waals surface area contributed by atoms with Crippen LogP contribution in [0.25, 0.3) is 5.70 Å². The zero-order valence-electron chi connectivity index (χ0n) is 15.4. The van der Waals surface area contributed by atoms with Crippen molar-refractivity contribution in [1.29, 1.82) is 0 Å². The van der Waals surface area contributed by atoms with Gasteiger partial charge < -0.3 is 10.1 Å². The number of benzene rings is 2. The minimum atomic E-state index is -3.82. The molecule has 2 unspecified atom stereocenters. The first kappa shape index (κ1) is 20.5.